The quantitative estimate of drug-likeness (QED) is 0.461. The van der Waals surface area contributed by atoms with Crippen LogP contribution in [-0.4, -0.2) is 28.5 Å². The SMILES string of the molecule is CCOC(=O)C1=C(C)N=c2s/c(=C\c3ccccc3O)c(=O)n2C1c1ccc(SC)cc1. The zero-order valence-electron chi connectivity index (χ0n) is 17.9. The molecule has 0 aliphatic carbocycles. The normalized spacial score (nSPS) is 16.0. The molecule has 8 heteroatoms. The summed E-state index contributed by atoms with van der Waals surface area (Å²) in [5.74, 6) is -0.395. The molecule has 32 heavy (non-hydrogen) atoms. The van der Waals surface area contributed by atoms with E-state index in [9.17, 15) is 14.7 Å². The fraction of sp³-hybridized carbons (Fsp3) is 0.208. The van der Waals surface area contributed by atoms with Gasteiger partial charge >= 0.3 is 5.97 Å². The zero-order chi connectivity index (χ0) is 22.8. The fourth-order valence-corrected chi connectivity index (χ4v) is 5.09. The van der Waals surface area contributed by atoms with Crippen LogP contribution in [0.2, 0.25) is 0 Å². The van der Waals surface area contributed by atoms with Crippen molar-refractivity contribution < 1.29 is 14.6 Å². The van der Waals surface area contributed by atoms with Crippen molar-refractivity contribution in [2.75, 3.05) is 12.9 Å². The number of nitrogens with zero attached hydrogens (tertiary/aromatic N) is 2. The topological polar surface area (TPSA) is 80.9 Å². The molecule has 1 unspecified atom stereocenters. The molecule has 2 aromatic carbocycles. The number of esters is 1. The van der Waals surface area contributed by atoms with Crippen molar-refractivity contribution in [2.45, 2.75) is 24.8 Å². The molecule has 1 aromatic heterocycles. The summed E-state index contributed by atoms with van der Waals surface area (Å²) in [5.41, 5.74) is 1.95. The smallest absolute Gasteiger partial charge is 0.338 e. The third-order valence-corrected chi connectivity index (χ3v) is 6.90. The van der Waals surface area contributed by atoms with Gasteiger partial charge in [0, 0.05) is 10.5 Å². The number of ether oxygens (including phenoxy) is 1. The first-order chi connectivity index (χ1) is 15.4. The minimum Gasteiger partial charge on any atom is -0.507 e. The predicted octanol–water partition coefficient (Wildman–Crippen LogP) is 3.23. The van der Waals surface area contributed by atoms with Crippen molar-refractivity contribution in [3.8, 4) is 5.75 Å². The number of aromatic nitrogens is 1. The Kier molecular flexibility index (Phi) is 6.34. The highest BCUT2D eigenvalue weighted by atomic mass is 32.2. The number of para-hydroxylation sites is 1. The van der Waals surface area contributed by atoms with Crippen LogP contribution in [0.25, 0.3) is 6.08 Å². The molecule has 0 bridgehead atoms. The van der Waals surface area contributed by atoms with Gasteiger partial charge in [-0.3, -0.25) is 9.36 Å². The van der Waals surface area contributed by atoms with E-state index in [0.29, 0.717) is 26.2 Å². The van der Waals surface area contributed by atoms with E-state index in [-0.39, 0.29) is 17.9 Å². The monoisotopic (exact) mass is 466 g/mol. The van der Waals surface area contributed by atoms with Gasteiger partial charge in [-0.15, -0.1) is 11.8 Å². The van der Waals surface area contributed by atoms with Crippen LogP contribution in [0.3, 0.4) is 0 Å². The zero-order valence-corrected chi connectivity index (χ0v) is 19.5. The van der Waals surface area contributed by atoms with Crippen molar-refractivity contribution in [3.63, 3.8) is 0 Å². The highest BCUT2D eigenvalue weighted by Gasteiger charge is 2.33. The van der Waals surface area contributed by atoms with E-state index in [4.69, 9.17) is 4.74 Å². The lowest BCUT2D eigenvalue weighted by molar-refractivity contribution is -0.139. The Bertz CT molecular complexity index is 1380. The Morgan fingerprint density at radius 1 is 1.25 bits per heavy atom. The summed E-state index contributed by atoms with van der Waals surface area (Å²) in [6.07, 6.45) is 3.64. The Balaban J connectivity index is 1.96. The van der Waals surface area contributed by atoms with Gasteiger partial charge in [-0.05, 0) is 49.9 Å². The van der Waals surface area contributed by atoms with Crippen LogP contribution in [-0.2, 0) is 9.53 Å². The number of hydrogen-bond donors (Lipinski definition) is 1. The first kappa shape index (κ1) is 22.1. The van der Waals surface area contributed by atoms with Gasteiger partial charge in [-0.2, -0.15) is 0 Å². The largest absolute Gasteiger partial charge is 0.507 e. The first-order valence-corrected chi connectivity index (χ1v) is 12.1. The second kappa shape index (κ2) is 9.18. The maximum Gasteiger partial charge on any atom is 0.338 e. The number of carbonyl (C=O) groups is 1. The fourth-order valence-electron chi connectivity index (χ4n) is 3.64. The molecule has 1 aliphatic rings. The van der Waals surface area contributed by atoms with Crippen LogP contribution in [0.4, 0.5) is 0 Å². The maximum absolute atomic E-state index is 13.5. The first-order valence-electron chi connectivity index (χ1n) is 10.1. The average molecular weight is 467 g/mol. The van der Waals surface area contributed by atoms with Gasteiger partial charge < -0.3 is 9.84 Å². The highest BCUT2D eigenvalue weighted by Crippen LogP contribution is 2.31. The summed E-state index contributed by atoms with van der Waals surface area (Å²) in [4.78, 5) is 32.5. The van der Waals surface area contributed by atoms with Gasteiger partial charge in [-0.1, -0.05) is 41.7 Å². The van der Waals surface area contributed by atoms with Gasteiger partial charge in [0.2, 0.25) is 0 Å². The van der Waals surface area contributed by atoms with E-state index >= 15 is 0 Å². The number of benzene rings is 2. The lowest BCUT2D eigenvalue weighted by Crippen LogP contribution is -2.39. The van der Waals surface area contributed by atoms with Crippen LogP contribution in [0.5, 0.6) is 5.75 Å². The lowest BCUT2D eigenvalue weighted by Gasteiger charge is -2.24. The molecule has 0 saturated carbocycles. The van der Waals surface area contributed by atoms with Gasteiger partial charge in [0.05, 0.1) is 28.5 Å². The van der Waals surface area contributed by atoms with Crippen LogP contribution < -0.4 is 14.9 Å². The van der Waals surface area contributed by atoms with Crippen molar-refractivity contribution in [1.82, 2.24) is 4.57 Å². The highest BCUT2D eigenvalue weighted by molar-refractivity contribution is 7.98. The number of phenolic OH excluding ortho intramolecular Hbond substituents is 1. The van der Waals surface area contributed by atoms with Crippen LogP contribution in [0.15, 0.2) is 74.5 Å². The molecule has 164 valence electrons. The van der Waals surface area contributed by atoms with Gasteiger partial charge in [-0.25, -0.2) is 9.79 Å². The van der Waals surface area contributed by atoms with Crippen molar-refractivity contribution in [2.24, 2.45) is 4.99 Å². The summed E-state index contributed by atoms with van der Waals surface area (Å²) in [6, 6.07) is 14.0. The molecular formula is C24H22N2O4S2. The summed E-state index contributed by atoms with van der Waals surface area (Å²) in [7, 11) is 0. The number of hydrogen-bond acceptors (Lipinski definition) is 7. The predicted molar refractivity (Wildman–Crippen MR) is 127 cm³/mol. The Morgan fingerprint density at radius 2 is 1.97 bits per heavy atom. The van der Waals surface area contributed by atoms with Crippen LogP contribution in [0, 0.1) is 0 Å². The number of thiazole rings is 1. The number of thioether (sulfide) groups is 1. The molecule has 0 amide bonds. The number of carbonyl (C=O) groups excluding carboxylic acids is 1. The summed E-state index contributed by atoms with van der Waals surface area (Å²) >= 11 is 2.85. The average Bonchev–Trinajstić information content (AvgIpc) is 3.09. The minimum absolute atomic E-state index is 0.0888. The van der Waals surface area contributed by atoms with E-state index in [0.717, 1.165) is 10.5 Å². The second-order valence-corrected chi connectivity index (χ2v) is 9.02. The number of fused-ring (bicyclic) bond motifs is 1. The van der Waals surface area contributed by atoms with E-state index < -0.39 is 12.0 Å². The third kappa shape index (κ3) is 4.03. The van der Waals surface area contributed by atoms with E-state index in [1.807, 2.05) is 30.5 Å². The summed E-state index contributed by atoms with van der Waals surface area (Å²) < 4.78 is 7.28. The Hall–Kier alpha value is -3.10. The summed E-state index contributed by atoms with van der Waals surface area (Å²) in [5, 5.41) is 10.1. The number of allylic oxidation sites excluding steroid dienone is 1. The second-order valence-electron chi connectivity index (χ2n) is 7.13. The van der Waals surface area contributed by atoms with Gasteiger partial charge in [0.1, 0.15) is 5.75 Å². The lowest BCUT2D eigenvalue weighted by atomic mass is 9.96. The van der Waals surface area contributed by atoms with E-state index in [1.54, 1.807) is 60.5 Å². The van der Waals surface area contributed by atoms with Crippen molar-refractivity contribution in [3.05, 3.63) is 90.6 Å². The molecule has 4 rings (SSSR count). The number of phenols is 1. The molecule has 1 N–H and O–H groups in total. The van der Waals surface area contributed by atoms with E-state index in [1.165, 1.54) is 11.3 Å². The summed E-state index contributed by atoms with van der Waals surface area (Å²) in [6.45, 7) is 3.73. The number of aromatic hydroxyl groups is 1. The molecule has 0 fully saturated rings. The van der Waals surface area contributed by atoms with E-state index in [2.05, 4.69) is 4.99 Å². The third-order valence-electron chi connectivity index (χ3n) is 5.17. The molecule has 0 radical (unpaired) electrons. The molecule has 0 saturated heterocycles. The number of rotatable bonds is 5. The Labute approximate surface area is 193 Å². The van der Waals surface area contributed by atoms with Crippen molar-refractivity contribution in [1.29, 1.82) is 0 Å². The van der Waals surface area contributed by atoms with Crippen LogP contribution in [0.1, 0.15) is 31.0 Å². The molecule has 2 heterocycles. The van der Waals surface area contributed by atoms with Crippen molar-refractivity contribution >= 4 is 35.1 Å². The molecule has 3 aromatic rings. The molecular weight excluding hydrogens is 444 g/mol. The van der Waals surface area contributed by atoms with Crippen LogP contribution >= 0.6 is 23.1 Å². The molecule has 1 aliphatic heterocycles. The van der Waals surface area contributed by atoms with Gasteiger partial charge in [0.15, 0.2) is 4.80 Å². The molecule has 0 spiro atoms. The minimum atomic E-state index is -0.646. The Morgan fingerprint density at radius 3 is 2.62 bits per heavy atom. The standard InChI is InChI=1S/C24H22N2O4S2/c1-4-30-23(29)20-14(2)25-24-26(21(20)15-9-11-17(31-3)12-10-15)22(28)19(32-24)13-16-7-5-6-8-18(16)27/h5-13,21,27H,4H2,1-3H3/b19-13-. The maximum atomic E-state index is 13.5. The van der Waals surface area contributed by atoms with Gasteiger partial charge in [0.25, 0.3) is 5.56 Å². The molecule has 6 nitrogen and oxygen atoms in total. The molecule has 1 atom stereocenters.